The van der Waals surface area contributed by atoms with Crippen molar-refractivity contribution in [1.29, 1.82) is 0 Å². The predicted octanol–water partition coefficient (Wildman–Crippen LogP) is 3.24. The van der Waals surface area contributed by atoms with Gasteiger partial charge in [0.25, 0.3) is 0 Å². The third kappa shape index (κ3) is 2.73. The van der Waals surface area contributed by atoms with Gasteiger partial charge in [-0.25, -0.2) is 9.18 Å². The molecule has 2 rings (SSSR count). The third-order valence-corrected chi connectivity index (χ3v) is 2.90. The fourth-order valence-electron chi connectivity index (χ4n) is 1.27. The lowest BCUT2D eigenvalue weighted by atomic mass is 10.3. The van der Waals surface area contributed by atoms with Gasteiger partial charge in [-0.15, -0.1) is 0 Å². The van der Waals surface area contributed by atoms with E-state index >= 15 is 0 Å². The smallest absolute Gasteiger partial charge is 0.336 e. The van der Waals surface area contributed by atoms with Crippen molar-refractivity contribution in [3.8, 4) is 0 Å². The van der Waals surface area contributed by atoms with E-state index in [9.17, 15) is 9.18 Å². The van der Waals surface area contributed by atoms with E-state index in [-0.39, 0.29) is 11.4 Å². The molecule has 0 radical (unpaired) electrons. The Labute approximate surface area is 96.1 Å². The third-order valence-electron chi connectivity index (χ3n) is 1.92. The van der Waals surface area contributed by atoms with Crippen LogP contribution < -0.4 is 5.63 Å². The maximum absolute atomic E-state index is 12.7. The summed E-state index contributed by atoms with van der Waals surface area (Å²) in [6, 6.07) is 9.31. The molecule has 1 heterocycles. The van der Waals surface area contributed by atoms with Crippen LogP contribution in [-0.4, -0.2) is 0 Å². The predicted molar refractivity (Wildman–Crippen MR) is 60.2 cm³/mol. The Morgan fingerprint density at radius 3 is 2.44 bits per heavy atom. The number of halogens is 1. The van der Waals surface area contributed by atoms with E-state index in [1.54, 1.807) is 25.1 Å². The van der Waals surface area contributed by atoms with Crippen LogP contribution in [0.2, 0.25) is 0 Å². The van der Waals surface area contributed by atoms with Gasteiger partial charge in [0.1, 0.15) is 11.6 Å². The molecule has 0 bridgehead atoms. The van der Waals surface area contributed by atoms with E-state index in [4.69, 9.17) is 4.42 Å². The number of hydrogen-bond donors (Lipinski definition) is 0. The Kier molecular flexibility index (Phi) is 3.10. The molecule has 0 amide bonds. The Balaban J connectivity index is 2.26. The van der Waals surface area contributed by atoms with Gasteiger partial charge in [-0.05, 0) is 37.3 Å². The molecule has 1 aromatic carbocycles. The van der Waals surface area contributed by atoms with Crippen LogP contribution in [0.1, 0.15) is 5.76 Å². The Bertz CT molecular complexity index is 546. The van der Waals surface area contributed by atoms with E-state index in [0.29, 0.717) is 5.76 Å². The number of aryl methyl sites for hydroxylation is 1. The van der Waals surface area contributed by atoms with Gasteiger partial charge in [-0.3, -0.25) is 0 Å². The largest absolute Gasteiger partial charge is 0.428 e. The van der Waals surface area contributed by atoms with Gasteiger partial charge in [-0.2, -0.15) is 0 Å². The van der Waals surface area contributed by atoms with Crippen molar-refractivity contribution in [2.45, 2.75) is 16.7 Å². The second-order valence-corrected chi connectivity index (χ2v) is 4.43. The summed E-state index contributed by atoms with van der Waals surface area (Å²) in [5.74, 6) is 0.296. The highest BCUT2D eigenvalue weighted by Crippen LogP contribution is 2.27. The van der Waals surface area contributed by atoms with Crippen molar-refractivity contribution in [3.05, 3.63) is 58.4 Å². The maximum atomic E-state index is 12.7. The van der Waals surface area contributed by atoms with Gasteiger partial charge in [0.2, 0.25) is 0 Å². The van der Waals surface area contributed by atoms with E-state index in [2.05, 4.69) is 0 Å². The summed E-state index contributed by atoms with van der Waals surface area (Å²) in [6.07, 6.45) is 0. The number of rotatable bonds is 2. The zero-order chi connectivity index (χ0) is 11.5. The van der Waals surface area contributed by atoms with Gasteiger partial charge in [-0.1, -0.05) is 11.8 Å². The molecule has 0 unspecified atom stereocenters. The lowest BCUT2D eigenvalue weighted by Crippen LogP contribution is -1.97. The van der Waals surface area contributed by atoms with Crippen LogP contribution in [0.4, 0.5) is 4.39 Å². The van der Waals surface area contributed by atoms with Crippen LogP contribution in [0.25, 0.3) is 0 Å². The minimum Gasteiger partial charge on any atom is -0.428 e. The molecule has 0 atom stereocenters. The summed E-state index contributed by atoms with van der Waals surface area (Å²) in [6.45, 7) is 1.72. The zero-order valence-electron chi connectivity index (χ0n) is 8.57. The average Bonchev–Trinajstić information content (AvgIpc) is 2.20. The first-order valence-electron chi connectivity index (χ1n) is 4.69. The highest BCUT2D eigenvalue weighted by molar-refractivity contribution is 7.99. The van der Waals surface area contributed by atoms with E-state index < -0.39 is 0 Å². The van der Waals surface area contributed by atoms with E-state index in [0.717, 1.165) is 9.79 Å². The van der Waals surface area contributed by atoms with E-state index in [1.807, 2.05) is 0 Å². The molecule has 1 aromatic heterocycles. The molecular weight excluding hydrogens is 227 g/mol. The molecule has 0 N–H and O–H groups in total. The van der Waals surface area contributed by atoms with Crippen molar-refractivity contribution >= 4 is 11.8 Å². The molecule has 4 heteroatoms. The number of benzene rings is 1. The first-order valence-corrected chi connectivity index (χ1v) is 5.50. The fraction of sp³-hybridized carbons (Fsp3) is 0.0833. The van der Waals surface area contributed by atoms with Crippen molar-refractivity contribution < 1.29 is 8.81 Å². The Morgan fingerprint density at radius 1 is 1.12 bits per heavy atom. The Hall–Kier alpha value is -1.55. The van der Waals surface area contributed by atoms with Crippen LogP contribution in [0, 0.1) is 12.7 Å². The first kappa shape index (κ1) is 11.0. The van der Waals surface area contributed by atoms with Gasteiger partial charge in [0, 0.05) is 15.9 Å². The molecule has 16 heavy (non-hydrogen) atoms. The van der Waals surface area contributed by atoms with Gasteiger partial charge in [0.05, 0.1) is 0 Å². The summed E-state index contributed by atoms with van der Waals surface area (Å²) in [5.41, 5.74) is -0.371. The summed E-state index contributed by atoms with van der Waals surface area (Å²) in [7, 11) is 0. The molecule has 82 valence electrons. The summed E-state index contributed by atoms with van der Waals surface area (Å²) in [4.78, 5) is 12.8. The molecule has 0 spiro atoms. The molecule has 2 aromatic rings. The van der Waals surface area contributed by atoms with Gasteiger partial charge < -0.3 is 4.42 Å². The normalized spacial score (nSPS) is 10.4. The molecular formula is C12H9FO2S. The quantitative estimate of drug-likeness (QED) is 0.801. The van der Waals surface area contributed by atoms with Crippen LogP contribution in [0.5, 0.6) is 0 Å². The molecule has 0 saturated carbocycles. The van der Waals surface area contributed by atoms with Crippen molar-refractivity contribution in [1.82, 2.24) is 0 Å². The highest BCUT2D eigenvalue weighted by Gasteiger charge is 2.01. The second kappa shape index (κ2) is 4.53. The van der Waals surface area contributed by atoms with Gasteiger partial charge >= 0.3 is 5.63 Å². The second-order valence-electron chi connectivity index (χ2n) is 3.28. The van der Waals surface area contributed by atoms with Crippen molar-refractivity contribution in [2.75, 3.05) is 0 Å². The van der Waals surface area contributed by atoms with E-state index in [1.165, 1.54) is 30.0 Å². The van der Waals surface area contributed by atoms with Crippen LogP contribution in [-0.2, 0) is 0 Å². The minimum atomic E-state index is -0.371. The molecule has 0 aliphatic rings. The van der Waals surface area contributed by atoms with Crippen molar-refractivity contribution in [3.63, 3.8) is 0 Å². The molecule has 0 fully saturated rings. The lowest BCUT2D eigenvalue weighted by Gasteiger charge is -2.01. The number of hydrogen-bond acceptors (Lipinski definition) is 3. The fourth-order valence-corrected chi connectivity index (χ4v) is 2.20. The molecule has 0 aliphatic heterocycles. The van der Waals surface area contributed by atoms with Gasteiger partial charge in [0.15, 0.2) is 0 Å². The lowest BCUT2D eigenvalue weighted by molar-refractivity contribution is 0.475. The highest BCUT2D eigenvalue weighted by atomic mass is 32.2. The van der Waals surface area contributed by atoms with Crippen LogP contribution in [0.15, 0.2) is 55.4 Å². The summed E-state index contributed by atoms with van der Waals surface area (Å²) < 4.78 is 17.5. The van der Waals surface area contributed by atoms with Crippen LogP contribution >= 0.6 is 11.8 Å². The monoisotopic (exact) mass is 236 g/mol. The first-order chi connectivity index (χ1) is 7.63. The molecule has 2 nitrogen and oxygen atoms in total. The standard InChI is InChI=1S/C12H9FO2S/c1-8-6-11(7-12(14)15-8)16-10-4-2-9(13)3-5-10/h2-7H,1H3. The maximum Gasteiger partial charge on any atom is 0.336 e. The summed E-state index contributed by atoms with van der Waals surface area (Å²) in [5, 5.41) is 0. The topological polar surface area (TPSA) is 30.2 Å². The SMILES string of the molecule is Cc1cc(Sc2ccc(F)cc2)cc(=O)o1. The minimum absolute atomic E-state index is 0.270. The average molecular weight is 236 g/mol. The zero-order valence-corrected chi connectivity index (χ0v) is 9.38. The Morgan fingerprint density at radius 2 is 1.81 bits per heavy atom. The van der Waals surface area contributed by atoms with Crippen LogP contribution in [0.3, 0.4) is 0 Å². The summed E-state index contributed by atoms with van der Waals surface area (Å²) >= 11 is 1.40. The van der Waals surface area contributed by atoms with Crippen molar-refractivity contribution in [2.24, 2.45) is 0 Å². The molecule has 0 aliphatic carbocycles. The molecule has 0 saturated heterocycles.